The molecule has 74 valence electrons. The molecule has 1 heterocycles. The normalized spacial score (nSPS) is 18.1. The Labute approximate surface area is 83.9 Å². The van der Waals surface area contributed by atoms with E-state index >= 15 is 0 Å². The van der Waals surface area contributed by atoms with Crippen LogP contribution in [0.5, 0.6) is 5.75 Å². The van der Waals surface area contributed by atoms with E-state index in [0.717, 1.165) is 25.1 Å². The van der Waals surface area contributed by atoms with E-state index in [0.29, 0.717) is 5.56 Å². The van der Waals surface area contributed by atoms with E-state index in [1.54, 1.807) is 0 Å². The highest BCUT2D eigenvalue weighted by molar-refractivity contribution is 5.76. The number of ether oxygens (including phenoxy) is 1. The van der Waals surface area contributed by atoms with Crippen molar-refractivity contribution in [3.8, 4) is 5.75 Å². The third kappa shape index (κ3) is 1.41. The first-order chi connectivity index (χ1) is 6.63. The zero-order valence-electron chi connectivity index (χ0n) is 8.54. The molecule has 0 amide bonds. The van der Waals surface area contributed by atoms with Crippen molar-refractivity contribution in [2.75, 3.05) is 6.61 Å². The summed E-state index contributed by atoms with van der Waals surface area (Å²) in [5.74, 6) is 0.867. The van der Waals surface area contributed by atoms with Crippen LogP contribution in [0.1, 0.15) is 36.2 Å². The number of hydrogen-bond donors (Lipinski definition) is 0. The van der Waals surface area contributed by atoms with E-state index in [-0.39, 0.29) is 5.41 Å². The highest BCUT2D eigenvalue weighted by Gasteiger charge is 2.28. The Morgan fingerprint density at radius 1 is 1.43 bits per heavy atom. The van der Waals surface area contributed by atoms with Crippen LogP contribution in [0.25, 0.3) is 0 Å². The van der Waals surface area contributed by atoms with Crippen LogP contribution in [-0.2, 0) is 5.41 Å². The van der Waals surface area contributed by atoms with Crippen LogP contribution in [0.15, 0.2) is 18.2 Å². The summed E-state index contributed by atoms with van der Waals surface area (Å²) in [7, 11) is 0. The summed E-state index contributed by atoms with van der Waals surface area (Å²) >= 11 is 0. The number of rotatable bonds is 1. The summed E-state index contributed by atoms with van der Waals surface area (Å²) in [6.07, 6.45) is 1.88. The molecule has 0 fully saturated rings. The molecule has 0 radical (unpaired) electrons. The molecule has 0 atom stereocenters. The van der Waals surface area contributed by atoms with Gasteiger partial charge < -0.3 is 4.74 Å². The van der Waals surface area contributed by atoms with Crippen LogP contribution in [0.2, 0.25) is 0 Å². The molecular weight excluding hydrogens is 176 g/mol. The average molecular weight is 190 g/mol. The zero-order valence-corrected chi connectivity index (χ0v) is 8.54. The van der Waals surface area contributed by atoms with Crippen molar-refractivity contribution in [3.05, 3.63) is 29.3 Å². The third-order valence-corrected chi connectivity index (χ3v) is 2.86. The lowest BCUT2D eigenvalue weighted by Gasteiger charge is -2.32. The molecule has 1 aromatic carbocycles. The lowest BCUT2D eigenvalue weighted by molar-refractivity contribution is 0.112. The predicted molar refractivity (Wildman–Crippen MR) is 55.0 cm³/mol. The first-order valence-electron chi connectivity index (χ1n) is 4.86. The molecule has 1 aliphatic rings. The van der Waals surface area contributed by atoms with Gasteiger partial charge in [-0.2, -0.15) is 0 Å². The number of fused-ring (bicyclic) bond motifs is 1. The summed E-state index contributed by atoms with van der Waals surface area (Å²) < 4.78 is 5.54. The molecule has 0 aliphatic carbocycles. The summed E-state index contributed by atoms with van der Waals surface area (Å²) in [6.45, 7) is 5.15. The maximum absolute atomic E-state index is 10.6. The van der Waals surface area contributed by atoms with Gasteiger partial charge in [0.15, 0.2) is 0 Å². The number of carbonyl (C=O) groups is 1. The van der Waals surface area contributed by atoms with Crippen LogP contribution < -0.4 is 4.74 Å². The molecule has 0 saturated carbocycles. The molecule has 0 N–H and O–H groups in total. The fourth-order valence-electron chi connectivity index (χ4n) is 1.84. The highest BCUT2D eigenvalue weighted by atomic mass is 16.5. The second-order valence-electron chi connectivity index (χ2n) is 4.36. The van der Waals surface area contributed by atoms with Gasteiger partial charge in [-0.3, -0.25) is 4.79 Å². The molecule has 2 rings (SSSR count). The van der Waals surface area contributed by atoms with Gasteiger partial charge >= 0.3 is 0 Å². The number of hydrogen-bond acceptors (Lipinski definition) is 2. The standard InChI is InChI=1S/C12H14O2/c1-12(2)5-6-14-11-7-9(8-13)3-4-10(11)12/h3-4,7-8H,5-6H2,1-2H3. The Bertz CT molecular complexity index is 367. The molecule has 0 saturated heterocycles. The molecule has 1 aromatic rings. The van der Waals surface area contributed by atoms with Crippen LogP contribution in [-0.4, -0.2) is 12.9 Å². The smallest absolute Gasteiger partial charge is 0.150 e. The van der Waals surface area contributed by atoms with Crippen molar-refractivity contribution in [3.63, 3.8) is 0 Å². The van der Waals surface area contributed by atoms with Crippen molar-refractivity contribution in [2.45, 2.75) is 25.7 Å². The number of aldehydes is 1. The van der Waals surface area contributed by atoms with E-state index in [1.807, 2.05) is 18.2 Å². The number of benzene rings is 1. The lowest BCUT2D eigenvalue weighted by Crippen LogP contribution is -2.26. The van der Waals surface area contributed by atoms with Crippen molar-refractivity contribution < 1.29 is 9.53 Å². The van der Waals surface area contributed by atoms with E-state index in [2.05, 4.69) is 13.8 Å². The van der Waals surface area contributed by atoms with Crippen LogP contribution in [0.4, 0.5) is 0 Å². The Morgan fingerprint density at radius 3 is 2.93 bits per heavy atom. The number of carbonyl (C=O) groups excluding carboxylic acids is 1. The highest BCUT2D eigenvalue weighted by Crippen LogP contribution is 2.38. The van der Waals surface area contributed by atoms with Gasteiger partial charge in [0.2, 0.25) is 0 Å². The summed E-state index contributed by atoms with van der Waals surface area (Å²) in [6, 6.07) is 5.67. The molecule has 0 spiro atoms. The van der Waals surface area contributed by atoms with E-state index in [4.69, 9.17) is 4.74 Å². The van der Waals surface area contributed by atoms with Crippen LogP contribution >= 0.6 is 0 Å². The van der Waals surface area contributed by atoms with E-state index < -0.39 is 0 Å². The van der Waals surface area contributed by atoms with Crippen molar-refractivity contribution >= 4 is 6.29 Å². The minimum absolute atomic E-state index is 0.162. The van der Waals surface area contributed by atoms with Crippen molar-refractivity contribution in [1.29, 1.82) is 0 Å². The first kappa shape index (κ1) is 9.25. The van der Waals surface area contributed by atoms with Gasteiger partial charge in [-0.05, 0) is 23.5 Å². The van der Waals surface area contributed by atoms with Gasteiger partial charge in [-0.1, -0.05) is 26.0 Å². The maximum atomic E-state index is 10.6. The topological polar surface area (TPSA) is 26.3 Å². The molecule has 1 aliphatic heterocycles. The second-order valence-corrected chi connectivity index (χ2v) is 4.36. The molecule has 0 unspecified atom stereocenters. The molecule has 0 aromatic heterocycles. The second kappa shape index (κ2) is 3.12. The molecule has 0 bridgehead atoms. The third-order valence-electron chi connectivity index (χ3n) is 2.86. The quantitative estimate of drug-likeness (QED) is 0.636. The summed E-state index contributed by atoms with van der Waals surface area (Å²) in [4.78, 5) is 10.6. The fourth-order valence-corrected chi connectivity index (χ4v) is 1.84. The monoisotopic (exact) mass is 190 g/mol. The van der Waals surface area contributed by atoms with Gasteiger partial charge in [0.1, 0.15) is 12.0 Å². The molecular formula is C12H14O2. The van der Waals surface area contributed by atoms with Crippen LogP contribution in [0.3, 0.4) is 0 Å². The molecule has 14 heavy (non-hydrogen) atoms. The van der Waals surface area contributed by atoms with Crippen molar-refractivity contribution in [1.82, 2.24) is 0 Å². The van der Waals surface area contributed by atoms with Gasteiger partial charge in [-0.15, -0.1) is 0 Å². The minimum atomic E-state index is 0.162. The SMILES string of the molecule is CC1(C)CCOc2cc(C=O)ccc21. The fraction of sp³-hybridized carbons (Fsp3) is 0.417. The van der Waals surface area contributed by atoms with Gasteiger partial charge in [-0.25, -0.2) is 0 Å². The zero-order chi connectivity index (χ0) is 10.2. The molecule has 2 nitrogen and oxygen atoms in total. The van der Waals surface area contributed by atoms with Gasteiger partial charge in [0, 0.05) is 5.56 Å². The average Bonchev–Trinajstić information content (AvgIpc) is 2.16. The van der Waals surface area contributed by atoms with E-state index in [1.165, 1.54) is 5.56 Å². The van der Waals surface area contributed by atoms with Gasteiger partial charge in [0.25, 0.3) is 0 Å². The minimum Gasteiger partial charge on any atom is -0.493 e. The Morgan fingerprint density at radius 2 is 2.21 bits per heavy atom. The van der Waals surface area contributed by atoms with Crippen LogP contribution in [0, 0.1) is 0 Å². The van der Waals surface area contributed by atoms with E-state index in [9.17, 15) is 4.79 Å². The first-order valence-corrected chi connectivity index (χ1v) is 4.86. The van der Waals surface area contributed by atoms with Gasteiger partial charge in [0.05, 0.1) is 6.61 Å². The largest absolute Gasteiger partial charge is 0.493 e. The Hall–Kier alpha value is -1.31. The Balaban J connectivity index is 2.51. The van der Waals surface area contributed by atoms with Crippen molar-refractivity contribution in [2.24, 2.45) is 0 Å². The predicted octanol–water partition coefficient (Wildman–Crippen LogP) is 2.56. The maximum Gasteiger partial charge on any atom is 0.150 e. The summed E-state index contributed by atoms with van der Waals surface area (Å²) in [5, 5.41) is 0. The molecule has 2 heteroatoms. The lowest BCUT2D eigenvalue weighted by atomic mass is 9.79. The summed E-state index contributed by atoms with van der Waals surface area (Å²) in [5.41, 5.74) is 2.05. The Kier molecular flexibility index (Phi) is 2.06.